The fourth-order valence-corrected chi connectivity index (χ4v) is 3.74. The Hall–Kier alpha value is -3.22. The molecule has 0 amide bonds. The van der Waals surface area contributed by atoms with Crippen molar-refractivity contribution in [2.24, 2.45) is 5.14 Å². The van der Waals surface area contributed by atoms with E-state index < -0.39 is 10.0 Å². The Labute approximate surface area is 170 Å². The summed E-state index contributed by atoms with van der Waals surface area (Å²) in [6.45, 7) is 2.07. The van der Waals surface area contributed by atoms with E-state index in [1.165, 1.54) is 23.3 Å². The minimum atomic E-state index is -3.73. The quantitative estimate of drug-likeness (QED) is 0.545. The Morgan fingerprint density at radius 1 is 0.897 bits per heavy atom. The number of sulfonamides is 1. The first-order valence-corrected chi connectivity index (χ1v) is 10.8. The first-order valence-electron chi connectivity index (χ1n) is 9.23. The van der Waals surface area contributed by atoms with E-state index in [4.69, 9.17) is 10.2 Å². The molecule has 0 radical (unpaired) electrons. The lowest BCUT2D eigenvalue weighted by atomic mass is 10.1. The molecular formula is C23H21N3O2S. The van der Waals surface area contributed by atoms with E-state index >= 15 is 0 Å². The second-order valence-corrected chi connectivity index (χ2v) is 8.56. The monoisotopic (exact) mass is 403 g/mol. The lowest BCUT2D eigenvalue weighted by molar-refractivity contribution is 0.598. The normalized spacial score (nSPS) is 11.5. The third-order valence-corrected chi connectivity index (χ3v) is 5.67. The lowest BCUT2D eigenvalue weighted by Crippen LogP contribution is -2.12. The summed E-state index contributed by atoms with van der Waals surface area (Å²) in [5, 5.41) is 10.0. The highest BCUT2D eigenvalue weighted by molar-refractivity contribution is 7.89. The van der Waals surface area contributed by atoms with Crippen LogP contribution in [0.15, 0.2) is 89.8 Å². The molecule has 3 aromatic carbocycles. The molecule has 0 saturated carbocycles. The van der Waals surface area contributed by atoms with Gasteiger partial charge in [-0.2, -0.15) is 5.10 Å². The Kier molecular flexibility index (Phi) is 5.05. The highest BCUT2D eigenvalue weighted by Crippen LogP contribution is 2.25. The van der Waals surface area contributed by atoms with E-state index in [0.717, 1.165) is 22.6 Å². The molecule has 0 fully saturated rings. The molecule has 1 heterocycles. The van der Waals surface area contributed by atoms with Gasteiger partial charge in [-0.05, 0) is 42.8 Å². The highest BCUT2D eigenvalue weighted by atomic mass is 32.2. The zero-order valence-corrected chi connectivity index (χ0v) is 16.8. The molecule has 6 heteroatoms. The second kappa shape index (κ2) is 7.66. The molecule has 0 aliphatic carbocycles. The summed E-state index contributed by atoms with van der Waals surface area (Å²) >= 11 is 0. The van der Waals surface area contributed by atoms with Gasteiger partial charge < -0.3 is 0 Å². The van der Waals surface area contributed by atoms with Crippen LogP contribution < -0.4 is 5.14 Å². The maximum Gasteiger partial charge on any atom is 0.238 e. The third kappa shape index (κ3) is 4.29. The number of nitrogens with two attached hydrogens (primary N) is 1. The average molecular weight is 404 g/mol. The Balaban J connectivity index is 1.77. The summed E-state index contributed by atoms with van der Waals surface area (Å²) < 4.78 is 25.0. The minimum absolute atomic E-state index is 0.0783. The molecule has 0 spiro atoms. The summed E-state index contributed by atoms with van der Waals surface area (Å²) in [5.74, 6) is 0. The largest absolute Gasteiger partial charge is 0.238 e. The zero-order chi connectivity index (χ0) is 20.4. The van der Waals surface area contributed by atoms with Crippen LogP contribution in [0.3, 0.4) is 0 Å². The molecular weight excluding hydrogens is 382 g/mol. The molecule has 4 rings (SSSR count). The van der Waals surface area contributed by atoms with Crippen LogP contribution in [-0.2, 0) is 16.4 Å². The SMILES string of the molecule is Cc1ccc(Cc2cc(-c3ccccc3)n(-c3ccc(S(N)(=O)=O)cc3)n2)cc1. The molecule has 2 N–H and O–H groups in total. The van der Waals surface area contributed by atoms with Crippen LogP contribution in [0.5, 0.6) is 0 Å². The van der Waals surface area contributed by atoms with Gasteiger partial charge in [0.15, 0.2) is 0 Å². The van der Waals surface area contributed by atoms with Crippen molar-refractivity contribution in [2.75, 3.05) is 0 Å². The maximum atomic E-state index is 11.6. The molecule has 29 heavy (non-hydrogen) atoms. The molecule has 146 valence electrons. The van der Waals surface area contributed by atoms with Gasteiger partial charge >= 0.3 is 0 Å². The summed E-state index contributed by atoms with van der Waals surface area (Å²) in [4.78, 5) is 0.0783. The summed E-state index contributed by atoms with van der Waals surface area (Å²) in [5.41, 5.74) is 6.08. The Bertz CT molecular complexity index is 1230. The fourth-order valence-electron chi connectivity index (χ4n) is 3.22. The van der Waals surface area contributed by atoms with E-state index in [0.29, 0.717) is 6.42 Å². The maximum absolute atomic E-state index is 11.6. The van der Waals surface area contributed by atoms with E-state index in [1.54, 1.807) is 12.1 Å². The Morgan fingerprint density at radius 3 is 2.17 bits per heavy atom. The van der Waals surface area contributed by atoms with Crippen molar-refractivity contribution in [1.29, 1.82) is 0 Å². The number of aryl methyl sites for hydroxylation is 1. The van der Waals surface area contributed by atoms with E-state index in [9.17, 15) is 8.42 Å². The van der Waals surface area contributed by atoms with Gasteiger partial charge in [0.25, 0.3) is 0 Å². The topological polar surface area (TPSA) is 78.0 Å². The number of rotatable bonds is 5. The number of aromatic nitrogens is 2. The molecule has 0 unspecified atom stereocenters. The summed E-state index contributed by atoms with van der Waals surface area (Å²) in [6.07, 6.45) is 0.711. The van der Waals surface area contributed by atoms with Crippen LogP contribution >= 0.6 is 0 Å². The van der Waals surface area contributed by atoms with Crippen LogP contribution in [0, 0.1) is 6.92 Å². The summed E-state index contributed by atoms with van der Waals surface area (Å²) in [6, 6.07) is 26.9. The van der Waals surface area contributed by atoms with Crippen molar-refractivity contribution < 1.29 is 8.42 Å². The molecule has 0 aliphatic rings. The van der Waals surface area contributed by atoms with Crippen LogP contribution in [0.2, 0.25) is 0 Å². The van der Waals surface area contributed by atoms with Crippen molar-refractivity contribution in [3.05, 3.63) is 102 Å². The third-order valence-electron chi connectivity index (χ3n) is 4.75. The van der Waals surface area contributed by atoms with Gasteiger partial charge in [0, 0.05) is 12.0 Å². The van der Waals surface area contributed by atoms with Gasteiger partial charge in [-0.1, -0.05) is 60.2 Å². The number of primary sulfonamides is 1. The fraction of sp³-hybridized carbons (Fsp3) is 0.0870. The highest BCUT2D eigenvalue weighted by Gasteiger charge is 2.14. The lowest BCUT2D eigenvalue weighted by Gasteiger charge is -2.08. The Morgan fingerprint density at radius 2 is 1.55 bits per heavy atom. The van der Waals surface area contributed by atoms with Crippen molar-refractivity contribution >= 4 is 10.0 Å². The van der Waals surface area contributed by atoms with E-state index in [2.05, 4.69) is 37.3 Å². The number of benzene rings is 3. The molecule has 0 atom stereocenters. The molecule has 4 aromatic rings. The van der Waals surface area contributed by atoms with Gasteiger partial charge in [0.1, 0.15) is 0 Å². The second-order valence-electron chi connectivity index (χ2n) is 7.00. The number of nitrogens with zero attached hydrogens (tertiary/aromatic N) is 2. The molecule has 1 aromatic heterocycles. The van der Waals surface area contributed by atoms with Gasteiger partial charge in [0.05, 0.1) is 22.0 Å². The van der Waals surface area contributed by atoms with Gasteiger partial charge in [0.2, 0.25) is 10.0 Å². The van der Waals surface area contributed by atoms with Crippen LogP contribution in [0.25, 0.3) is 16.9 Å². The standard InChI is InChI=1S/C23H21N3O2S/c1-17-7-9-18(10-8-17)15-20-16-23(19-5-3-2-4-6-19)26(25-20)21-11-13-22(14-12-21)29(24,27)28/h2-14,16H,15H2,1H3,(H2,24,27,28). The van der Waals surface area contributed by atoms with Gasteiger partial charge in [-0.3, -0.25) is 0 Å². The van der Waals surface area contributed by atoms with Crippen LogP contribution in [0.4, 0.5) is 0 Å². The van der Waals surface area contributed by atoms with Gasteiger partial charge in [-0.25, -0.2) is 18.2 Å². The number of hydrogen-bond acceptors (Lipinski definition) is 3. The van der Waals surface area contributed by atoms with Crippen molar-refractivity contribution in [1.82, 2.24) is 9.78 Å². The van der Waals surface area contributed by atoms with E-state index in [-0.39, 0.29) is 4.90 Å². The molecule has 0 bridgehead atoms. The minimum Gasteiger partial charge on any atom is -0.233 e. The first-order chi connectivity index (χ1) is 13.9. The molecule has 0 aliphatic heterocycles. The zero-order valence-electron chi connectivity index (χ0n) is 16.0. The van der Waals surface area contributed by atoms with Crippen LogP contribution in [-0.4, -0.2) is 18.2 Å². The molecule has 0 saturated heterocycles. The van der Waals surface area contributed by atoms with Crippen molar-refractivity contribution in [3.8, 4) is 16.9 Å². The predicted octanol–water partition coefficient (Wildman–Crippen LogP) is 4.09. The first kappa shape index (κ1) is 19.1. The molecule has 5 nitrogen and oxygen atoms in total. The van der Waals surface area contributed by atoms with E-state index in [1.807, 2.05) is 35.0 Å². The summed E-state index contributed by atoms with van der Waals surface area (Å²) in [7, 11) is -3.73. The average Bonchev–Trinajstić information content (AvgIpc) is 3.14. The predicted molar refractivity (Wildman–Crippen MR) is 114 cm³/mol. The number of hydrogen-bond donors (Lipinski definition) is 1. The van der Waals surface area contributed by atoms with Gasteiger partial charge in [-0.15, -0.1) is 0 Å². The van der Waals surface area contributed by atoms with Crippen molar-refractivity contribution in [2.45, 2.75) is 18.2 Å². The smallest absolute Gasteiger partial charge is 0.233 e. The van der Waals surface area contributed by atoms with Crippen molar-refractivity contribution in [3.63, 3.8) is 0 Å². The van der Waals surface area contributed by atoms with Crippen LogP contribution in [0.1, 0.15) is 16.8 Å².